The van der Waals surface area contributed by atoms with Crippen molar-refractivity contribution in [3.8, 4) is 0 Å². The molecule has 0 spiro atoms. The average molecular weight is 127 g/mol. The maximum atomic E-state index is 11.0. The molecule has 0 aromatic carbocycles. The summed E-state index contributed by atoms with van der Waals surface area (Å²) < 4.78 is 0. The highest BCUT2D eigenvalue weighted by atomic mass is 16.2. The average Bonchev–Trinajstić information content (AvgIpc) is 1.98. The first kappa shape index (κ1) is 6.59. The lowest BCUT2D eigenvalue weighted by atomic mass is 10.0. The summed E-state index contributed by atoms with van der Waals surface area (Å²) in [4.78, 5) is 12.8. The van der Waals surface area contributed by atoms with E-state index in [2.05, 4.69) is 6.92 Å². The van der Waals surface area contributed by atoms with Gasteiger partial charge >= 0.3 is 0 Å². The van der Waals surface area contributed by atoms with Gasteiger partial charge in [0, 0.05) is 19.5 Å². The molecule has 1 aliphatic rings. The second kappa shape index (κ2) is 2.01. The molecule has 1 heterocycles. The molecular formula is C7H13NO. The molecule has 0 radical (unpaired) electrons. The quantitative estimate of drug-likeness (QED) is 0.470. The minimum Gasteiger partial charge on any atom is -0.345 e. The van der Waals surface area contributed by atoms with Gasteiger partial charge in [-0.3, -0.25) is 4.79 Å². The zero-order chi connectivity index (χ0) is 7.02. The highest BCUT2D eigenvalue weighted by Gasteiger charge is 2.31. The van der Waals surface area contributed by atoms with Crippen LogP contribution in [0.2, 0.25) is 0 Å². The Kier molecular flexibility index (Phi) is 1.47. The van der Waals surface area contributed by atoms with Gasteiger partial charge in [-0.05, 0) is 5.92 Å². The molecule has 0 aromatic rings. The molecule has 0 aromatic heterocycles. The highest BCUT2D eigenvalue weighted by molar-refractivity contribution is 5.80. The Morgan fingerprint density at radius 2 is 2.11 bits per heavy atom. The first-order valence-corrected chi connectivity index (χ1v) is 3.38. The second-order valence-electron chi connectivity index (χ2n) is 2.98. The van der Waals surface area contributed by atoms with Gasteiger partial charge in [0.1, 0.15) is 0 Å². The molecule has 2 atom stereocenters. The topological polar surface area (TPSA) is 20.3 Å². The monoisotopic (exact) mass is 127 g/mol. The Bertz CT molecular complexity index is 133. The van der Waals surface area contributed by atoms with Crippen LogP contribution in [0.25, 0.3) is 0 Å². The third-order valence-electron chi connectivity index (χ3n) is 2.18. The van der Waals surface area contributed by atoms with Crippen molar-refractivity contribution in [3.63, 3.8) is 0 Å². The van der Waals surface area contributed by atoms with Crippen molar-refractivity contribution in [1.29, 1.82) is 0 Å². The van der Waals surface area contributed by atoms with Crippen LogP contribution in [0.5, 0.6) is 0 Å². The summed E-state index contributed by atoms with van der Waals surface area (Å²) in [7, 11) is 1.86. The summed E-state index contributed by atoms with van der Waals surface area (Å²) in [5.41, 5.74) is 0. The van der Waals surface area contributed by atoms with E-state index in [4.69, 9.17) is 0 Å². The van der Waals surface area contributed by atoms with Crippen LogP contribution >= 0.6 is 0 Å². The normalized spacial score (nSPS) is 35.9. The highest BCUT2D eigenvalue weighted by Crippen LogP contribution is 2.21. The lowest BCUT2D eigenvalue weighted by Gasteiger charge is -2.05. The number of rotatable bonds is 0. The third kappa shape index (κ3) is 0.934. The summed E-state index contributed by atoms with van der Waals surface area (Å²) in [6.07, 6.45) is 0. The van der Waals surface area contributed by atoms with E-state index < -0.39 is 0 Å². The molecule has 1 unspecified atom stereocenters. The Labute approximate surface area is 55.8 Å². The number of hydrogen-bond acceptors (Lipinski definition) is 1. The van der Waals surface area contributed by atoms with Gasteiger partial charge < -0.3 is 4.90 Å². The minimum absolute atomic E-state index is 0.245. The molecule has 9 heavy (non-hydrogen) atoms. The summed E-state index contributed by atoms with van der Waals surface area (Å²) in [6.45, 7) is 5.04. The predicted molar refractivity (Wildman–Crippen MR) is 36.0 cm³/mol. The van der Waals surface area contributed by atoms with Crippen LogP contribution < -0.4 is 0 Å². The van der Waals surface area contributed by atoms with Gasteiger partial charge in [-0.2, -0.15) is 0 Å². The molecule has 1 rings (SSSR count). The zero-order valence-electron chi connectivity index (χ0n) is 6.22. The molecule has 52 valence electrons. The molecular weight excluding hydrogens is 114 g/mol. The van der Waals surface area contributed by atoms with Crippen LogP contribution in [0, 0.1) is 11.8 Å². The van der Waals surface area contributed by atoms with E-state index in [9.17, 15) is 4.79 Å². The molecule has 2 heteroatoms. The fourth-order valence-electron chi connectivity index (χ4n) is 1.27. The number of likely N-dealkylation sites (tertiary alicyclic amines) is 1. The maximum Gasteiger partial charge on any atom is 0.225 e. The van der Waals surface area contributed by atoms with Gasteiger partial charge in [-0.25, -0.2) is 0 Å². The predicted octanol–water partition coefficient (Wildman–Crippen LogP) is 0.731. The van der Waals surface area contributed by atoms with Crippen molar-refractivity contribution in [1.82, 2.24) is 4.90 Å². The van der Waals surface area contributed by atoms with Gasteiger partial charge in [0.05, 0.1) is 0 Å². The van der Waals surface area contributed by atoms with E-state index in [1.54, 1.807) is 4.90 Å². The van der Waals surface area contributed by atoms with E-state index >= 15 is 0 Å². The molecule has 2 nitrogen and oxygen atoms in total. The molecule has 1 aliphatic heterocycles. The SMILES string of the molecule is CC1CN(C)C(=O)[C@H]1C. The molecule has 0 saturated carbocycles. The number of carbonyl (C=O) groups is 1. The van der Waals surface area contributed by atoms with E-state index in [-0.39, 0.29) is 5.92 Å². The van der Waals surface area contributed by atoms with E-state index in [0.29, 0.717) is 11.8 Å². The van der Waals surface area contributed by atoms with Gasteiger partial charge in [-0.1, -0.05) is 13.8 Å². The third-order valence-corrected chi connectivity index (χ3v) is 2.18. The maximum absolute atomic E-state index is 11.0. The van der Waals surface area contributed by atoms with Crippen molar-refractivity contribution in [3.05, 3.63) is 0 Å². The second-order valence-corrected chi connectivity index (χ2v) is 2.98. The van der Waals surface area contributed by atoms with Gasteiger partial charge in [0.15, 0.2) is 0 Å². The molecule has 0 N–H and O–H groups in total. The van der Waals surface area contributed by atoms with Crippen molar-refractivity contribution < 1.29 is 4.79 Å². The Morgan fingerprint density at radius 3 is 2.22 bits per heavy atom. The number of hydrogen-bond donors (Lipinski definition) is 0. The van der Waals surface area contributed by atoms with Crippen LogP contribution in [-0.4, -0.2) is 24.4 Å². The van der Waals surface area contributed by atoms with E-state index in [0.717, 1.165) is 6.54 Å². The minimum atomic E-state index is 0.245. The fourth-order valence-corrected chi connectivity index (χ4v) is 1.27. The molecule has 1 fully saturated rings. The Balaban J connectivity index is 2.65. The fraction of sp³-hybridized carbons (Fsp3) is 0.857. The van der Waals surface area contributed by atoms with Crippen LogP contribution in [-0.2, 0) is 4.79 Å². The molecule has 0 bridgehead atoms. The number of amides is 1. The first-order chi connectivity index (χ1) is 4.13. The van der Waals surface area contributed by atoms with Crippen molar-refractivity contribution in [2.24, 2.45) is 11.8 Å². The van der Waals surface area contributed by atoms with E-state index in [1.165, 1.54) is 0 Å². The van der Waals surface area contributed by atoms with Crippen LogP contribution in [0.1, 0.15) is 13.8 Å². The molecule has 1 saturated heterocycles. The Hall–Kier alpha value is -0.530. The molecule has 0 aliphatic carbocycles. The Morgan fingerprint density at radius 1 is 1.56 bits per heavy atom. The van der Waals surface area contributed by atoms with Crippen LogP contribution in [0.3, 0.4) is 0 Å². The summed E-state index contributed by atoms with van der Waals surface area (Å²) in [5.74, 6) is 1.08. The smallest absolute Gasteiger partial charge is 0.225 e. The van der Waals surface area contributed by atoms with Gasteiger partial charge in [0.25, 0.3) is 0 Å². The van der Waals surface area contributed by atoms with Crippen molar-refractivity contribution in [2.45, 2.75) is 13.8 Å². The van der Waals surface area contributed by atoms with Gasteiger partial charge in [-0.15, -0.1) is 0 Å². The van der Waals surface area contributed by atoms with Gasteiger partial charge in [0.2, 0.25) is 5.91 Å². The summed E-state index contributed by atoms with van der Waals surface area (Å²) in [5, 5.41) is 0. The van der Waals surface area contributed by atoms with Crippen LogP contribution in [0.15, 0.2) is 0 Å². The van der Waals surface area contributed by atoms with E-state index in [1.807, 2.05) is 14.0 Å². The van der Waals surface area contributed by atoms with Crippen molar-refractivity contribution in [2.75, 3.05) is 13.6 Å². The summed E-state index contributed by atoms with van der Waals surface area (Å²) in [6, 6.07) is 0. The number of nitrogens with zero attached hydrogens (tertiary/aromatic N) is 1. The first-order valence-electron chi connectivity index (χ1n) is 3.38. The standard InChI is InChI=1S/C7H13NO/c1-5-4-8(3)7(9)6(5)2/h5-6H,4H2,1-3H3/t5?,6-/m0/s1. The summed E-state index contributed by atoms with van der Waals surface area (Å²) >= 11 is 0. The lowest BCUT2D eigenvalue weighted by molar-refractivity contribution is -0.129. The number of carbonyl (C=O) groups excluding carboxylic acids is 1. The lowest BCUT2D eigenvalue weighted by Crippen LogP contribution is -2.21. The van der Waals surface area contributed by atoms with Crippen LogP contribution in [0.4, 0.5) is 0 Å². The zero-order valence-corrected chi connectivity index (χ0v) is 6.22. The largest absolute Gasteiger partial charge is 0.345 e. The van der Waals surface area contributed by atoms with Crippen molar-refractivity contribution >= 4 is 5.91 Å². The molecule has 1 amide bonds.